The van der Waals surface area contributed by atoms with Crippen LogP contribution in [0.5, 0.6) is 0 Å². The average Bonchev–Trinajstić information content (AvgIpc) is 2.37. The van der Waals surface area contributed by atoms with Crippen molar-refractivity contribution in [2.75, 3.05) is 39.3 Å². The second kappa shape index (κ2) is 5.91. The van der Waals surface area contributed by atoms with Crippen LogP contribution in [0, 0.1) is 5.92 Å². The summed E-state index contributed by atoms with van der Waals surface area (Å²) in [6.45, 7) is 12.6. The van der Waals surface area contributed by atoms with Crippen molar-refractivity contribution in [1.82, 2.24) is 14.7 Å². The lowest BCUT2D eigenvalue weighted by molar-refractivity contribution is 0.0441. The Labute approximate surface area is 111 Å². The first kappa shape index (κ1) is 13.7. The van der Waals surface area contributed by atoms with Crippen molar-refractivity contribution in [1.29, 1.82) is 0 Å². The highest BCUT2D eigenvalue weighted by Gasteiger charge is 2.36. The SMILES string of the molecule is CCN1CC[C@@H]2CN(CCC(C)C)CCN2C1=O. The van der Waals surface area contributed by atoms with Crippen molar-refractivity contribution in [3.8, 4) is 0 Å². The molecule has 2 fully saturated rings. The summed E-state index contributed by atoms with van der Waals surface area (Å²) in [6, 6.07) is 0.721. The smallest absolute Gasteiger partial charge is 0.320 e. The normalized spacial score (nSPS) is 25.8. The minimum atomic E-state index is 0.261. The predicted molar refractivity (Wildman–Crippen MR) is 73.6 cm³/mol. The zero-order chi connectivity index (χ0) is 13.1. The number of nitrogens with zero attached hydrogens (tertiary/aromatic N) is 3. The van der Waals surface area contributed by atoms with Crippen LogP contribution in [-0.2, 0) is 0 Å². The number of amides is 2. The molecule has 4 heteroatoms. The monoisotopic (exact) mass is 253 g/mol. The quantitative estimate of drug-likeness (QED) is 0.764. The number of rotatable bonds is 4. The van der Waals surface area contributed by atoms with Crippen LogP contribution in [0.1, 0.15) is 33.6 Å². The molecule has 0 bridgehead atoms. The predicted octanol–water partition coefficient (Wildman–Crippen LogP) is 1.86. The molecule has 0 N–H and O–H groups in total. The van der Waals surface area contributed by atoms with E-state index in [-0.39, 0.29) is 6.03 Å². The maximum absolute atomic E-state index is 12.2. The lowest BCUT2D eigenvalue weighted by Crippen LogP contribution is -2.62. The topological polar surface area (TPSA) is 26.8 Å². The Morgan fingerprint density at radius 3 is 2.72 bits per heavy atom. The molecule has 2 aliphatic heterocycles. The zero-order valence-electron chi connectivity index (χ0n) is 12.1. The zero-order valence-corrected chi connectivity index (χ0v) is 12.1. The molecule has 4 nitrogen and oxygen atoms in total. The number of hydrogen-bond acceptors (Lipinski definition) is 2. The standard InChI is InChI=1S/C14H27N3O/c1-4-16-8-6-13-11-15(7-5-12(2)3)9-10-17(13)14(16)18/h12-13H,4-11H2,1-3H3/t13-/m1/s1. The van der Waals surface area contributed by atoms with E-state index in [2.05, 4.69) is 30.6 Å². The van der Waals surface area contributed by atoms with Gasteiger partial charge >= 0.3 is 6.03 Å². The minimum Gasteiger partial charge on any atom is -0.325 e. The van der Waals surface area contributed by atoms with E-state index in [0.29, 0.717) is 6.04 Å². The molecule has 2 aliphatic rings. The van der Waals surface area contributed by atoms with Crippen molar-refractivity contribution in [2.45, 2.75) is 39.7 Å². The summed E-state index contributed by atoms with van der Waals surface area (Å²) in [4.78, 5) is 18.8. The third-order valence-corrected chi connectivity index (χ3v) is 4.22. The molecule has 2 rings (SSSR count). The minimum absolute atomic E-state index is 0.261. The third-order valence-electron chi connectivity index (χ3n) is 4.22. The van der Waals surface area contributed by atoms with Crippen LogP contribution in [0.15, 0.2) is 0 Å². The molecule has 0 aliphatic carbocycles. The van der Waals surface area contributed by atoms with Crippen molar-refractivity contribution < 1.29 is 4.79 Å². The van der Waals surface area contributed by atoms with Gasteiger partial charge < -0.3 is 9.80 Å². The Bertz CT molecular complexity index is 293. The number of carbonyl (C=O) groups is 1. The highest BCUT2D eigenvalue weighted by molar-refractivity contribution is 5.75. The first-order valence-electron chi connectivity index (χ1n) is 7.39. The molecule has 0 spiro atoms. The molecule has 0 aromatic carbocycles. The highest BCUT2D eigenvalue weighted by atomic mass is 16.2. The van der Waals surface area contributed by atoms with E-state index < -0.39 is 0 Å². The number of carbonyl (C=O) groups excluding carboxylic acids is 1. The van der Waals surface area contributed by atoms with Crippen LogP contribution in [0.2, 0.25) is 0 Å². The van der Waals surface area contributed by atoms with Crippen molar-refractivity contribution >= 4 is 6.03 Å². The summed E-state index contributed by atoms with van der Waals surface area (Å²) in [7, 11) is 0. The third kappa shape index (κ3) is 2.97. The Kier molecular flexibility index (Phi) is 4.49. The summed E-state index contributed by atoms with van der Waals surface area (Å²) in [5.74, 6) is 0.770. The summed E-state index contributed by atoms with van der Waals surface area (Å²) >= 11 is 0. The highest BCUT2D eigenvalue weighted by Crippen LogP contribution is 2.21. The van der Waals surface area contributed by atoms with E-state index in [4.69, 9.17) is 0 Å². The molecule has 1 atom stereocenters. The van der Waals surface area contributed by atoms with Gasteiger partial charge in [0, 0.05) is 38.8 Å². The van der Waals surface area contributed by atoms with Gasteiger partial charge in [0.15, 0.2) is 0 Å². The second-order valence-electron chi connectivity index (χ2n) is 5.98. The van der Waals surface area contributed by atoms with E-state index >= 15 is 0 Å². The largest absolute Gasteiger partial charge is 0.325 e. The van der Waals surface area contributed by atoms with Crippen LogP contribution < -0.4 is 0 Å². The molecule has 0 unspecified atom stereocenters. The molecule has 0 aromatic heterocycles. The van der Waals surface area contributed by atoms with Gasteiger partial charge in [0.05, 0.1) is 0 Å². The fourth-order valence-electron chi connectivity index (χ4n) is 2.94. The van der Waals surface area contributed by atoms with Gasteiger partial charge in [0.2, 0.25) is 0 Å². The van der Waals surface area contributed by atoms with Crippen molar-refractivity contribution in [3.63, 3.8) is 0 Å². The van der Waals surface area contributed by atoms with Gasteiger partial charge in [-0.05, 0) is 32.2 Å². The lowest BCUT2D eigenvalue weighted by atomic mass is 10.0. The molecule has 0 saturated carbocycles. The summed E-state index contributed by atoms with van der Waals surface area (Å²) in [6.07, 6.45) is 2.40. The maximum Gasteiger partial charge on any atom is 0.320 e. The number of urea groups is 1. The van der Waals surface area contributed by atoms with Crippen LogP contribution in [0.25, 0.3) is 0 Å². The number of fused-ring (bicyclic) bond motifs is 1. The molecule has 18 heavy (non-hydrogen) atoms. The Morgan fingerprint density at radius 2 is 2.06 bits per heavy atom. The Morgan fingerprint density at radius 1 is 1.28 bits per heavy atom. The van der Waals surface area contributed by atoms with Gasteiger partial charge in [-0.25, -0.2) is 4.79 Å². The molecule has 2 saturated heterocycles. The number of piperazine rings is 1. The van der Waals surface area contributed by atoms with Crippen LogP contribution >= 0.6 is 0 Å². The number of hydrogen-bond donors (Lipinski definition) is 0. The van der Waals surface area contributed by atoms with Crippen LogP contribution in [0.3, 0.4) is 0 Å². The lowest BCUT2D eigenvalue weighted by Gasteiger charge is -2.47. The molecular formula is C14H27N3O. The molecule has 104 valence electrons. The first-order chi connectivity index (χ1) is 8.61. The van der Waals surface area contributed by atoms with Crippen molar-refractivity contribution in [3.05, 3.63) is 0 Å². The van der Waals surface area contributed by atoms with Gasteiger partial charge in [-0.1, -0.05) is 13.8 Å². The molecule has 0 aromatic rings. The van der Waals surface area contributed by atoms with E-state index in [1.54, 1.807) is 0 Å². The van der Waals surface area contributed by atoms with Gasteiger partial charge in [0.1, 0.15) is 0 Å². The van der Waals surface area contributed by atoms with Gasteiger partial charge in [0.25, 0.3) is 0 Å². The van der Waals surface area contributed by atoms with Gasteiger partial charge in [-0.3, -0.25) is 4.90 Å². The summed E-state index contributed by atoms with van der Waals surface area (Å²) < 4.78 is 0. The fraction of sp³-hybridized carbons (Fsp3) is 0.929. The van der Waals surface area contributed by atoms with Crippen LogP contribution in [0.4, 0.5) is 4.79 Å². The summed E-state index contributed by atoms with van der Waals surface area (Å²) in [5.41, 5.74) is 0. The van der Waals surface area contributed by atoms with Gasteiger partial charge in [-0.15, -0.1) is 0 Å². The second-order valence-corrected chi connectivity index (χ2v) is 5.98. The van der Waals surface area contributed by atoms with Gasteiger partial charge in [-0.2, -0.15) is 0 Å². The fourth-order valence-corrected chi connectivity index (χ4v) is 2.94. The molecule has 2 amide bonds. The van der Waals surface area contributed by atoms with E-state index in [1.165, 1.54) is 13.0 Å². The van der Waals surface area contributed by atoms with Crippen molar-refractivity contribution in [2.24, 2.45) is 5.92 Å². The van der Waals surface area contributed by atoms with E-state index in [9.17, 15) is 4.79 Å². The Balaban J connectivity index is 1.86. The van der Waals surface area contributed by atoms with Crippen LogP contribution in [-0.4, -0.2) is 66.0 Å². The Hall–Kier alpha value is -0.770. The maximum atomic E-state index is 12.2. The molecule has 2 heterocycles. The molecular weight excluding hydrogens is 226 g/mol. The van der Waals surface area contributed by atoms with E-state index in [1.807, 2.05) is 4.90 Å². The average molecular weight is 253 g/mol. The van der Waals surface area contributed by atoms with E-state index in [0.717, 1.165) is 45.1 Å². The summed E-state index contributed by atoms with van der Waals surface area (Å²) in [5, 5.41) is 0. The molecule has 0 radical (unpaired) electrons. The first-order valence-corrected chi connectivity index (χ1v) is 7.39.